The van der Waals surface area contributed by atoms with Crippen LogP contribution in [0.2, 0.25) is 5.02 Å². The van der Waals surface area contributed by atoms with Crippen molar-refractivity contribution in [3.63, 3.8) is 0 Å². The Hall–Kier alpha value is -1.37. The van der Waals surface area contributed by atoms with Crippen molar-refractivity contribution >= 4 is 57.9 Å². The first-order chi connectivity index (χ1) is 10.5. The molecule has 1 aromatic carbocycles. The minimum atomic E-state index is -1.29. The predicted molar refractivity (Wildman–Crippen MR) is 90.2 cm³/mol. The average molecular weight is 355 g/mol. The van der Waals surface area contributed by atoms with Gasteiger partial charge in [0.2, 0.25) is 0 Å². The number of carbonyl (C=O) groups is 2. The first-order valence-electron chi connectivity index (χ1n) is 6.68. The number of aliphatic carboxylic acids is 1. The molecule has 0 aliphatic carbocycles. The van der Waals surface area contributed by atoms with E-state index in [1.165, 1.54) is 0 Å². The Balaban J connectivity index is 2.32. The van der Waals surface area contributed by atoms with Crippen molar-refractivity contribution < 1.29 is 14.7 Å². The molecule has 4 nitrogen and oxygen atoms in total. The normalized spacial score (nSPS) is 18.1. The van der Waals surface area contributed by atoms with Crippen LogP contribution in [0.5, 0.6) is 0 Å². The number of hydrogen-bond acceptors (Lipinski definition) is 5. The van der Waals surface area contributed by atoms with E-state index in [9.17, 15) is 14.7 Å². The summed E-state index contributed by atoms with van der Waals surface area (Å²) in [4.78, 5) is 25.2. The monoisotopic (exact) mass is 354 g/mol. The smallest absolute Gasteiger partial charge is 0.266 e. The average Bonchev–Trinajstić information content (AvgIpc) is 2.73. The summed E-state index contributed by atoms with van der Waals surface area (Å²) in [6, 6.07) is 6.05. The van der Waals surface area contributed by atoms with Crippen LogP contribution in [0.3, 0.4) is 0 Å². The van der Waals surface area contributed by atoms with Crippen molar-refractivity contribution in [2.45, 2.75) is 25.8 Å². The maximum absolute atomic E-state index is 12.5. The minimum absolute atomic E-state index is 0.228. The van der Waals surface area contributed by atoms with Crippen LogP contribution in [0.25, 0.3) is 6.08 Å². The highest BCUT2D eigenvalue weighted by atomic mass is 35.5. The summed E-state index contributed by atoms with van der Waals surface area (Å²) in [5.74, 6) is -1.71. The van der Waals surface area contributed by atoms with Crippen LogP contribution in [0.15, 0.2) is 29.2 Å². The maximum atomic E-state index is 12.5. The standard InChI is InChI=1S/C15H14ClNO3S2/c1-2-5-11(14(19)20)17-13(18)12(22-15(17)21)8-9-6-3-4-7-10(9)16/h3-4,6-8,11H,2,5H2,1H3,(H,19,20)/p-1/b12-8-/t11-/m1/s1. The lowest BCUT2D eigenvalue weighted by atomic mass is 10.1. The van der Waals surface area contributed by atoms with E-state index in [0.717, 1.165) is 16.7 Å². The van der Waals surface area contributed by atoms with E-state index < -0.39 is 17.9 Å². The molecule has 0 spiro atoms. The number of carboxylic acid groups (broad SMARTS) is 1. The maximum Gasteiger partial charge on any atom is 0.266 e. The van der Waals surface area contributed by atoms with Gasteiger partial charge in [0.05, 0.1) is 16.9 Å². The number of thiocarbonyl (C=S) groups is 1. The van der Waals surface area contributed by atoms with Crippen LogP contribution in [0, 0.1) is 0 Å². The number of nitrogens with zero attached hydrogens (tertiary/aromatic N) is 1. The van der Waals surface area contributed by atoms with Gasteiger partial charge < -0.3 is 9.90 Å². The van der Waals surface area contributed by atoms with Gasteiger partial charge in [-0.1, -0.05) is 67.1 Å². The Morgan fingerprint density at radius 2 is 2.18 bits per heavy atom. The molecule has 22 heavy (non-hydrogen) atoms. The van der Waals surface area contributed by atoms with Crippen molar-refractivity contribution in [1.29, 1.82) is 0 Å². The highest BCUT2D eigenvalue weighted by Crippen LogP contribution is 2.35. The Bertz CT molecular complexity index is 660. The molecule has 7 heteroatoms. The molecule has 116 valence electrons. The fourth-order valence-electron chi connectivity index (χ4n) is 2.11. The van der Waals surface area contributed by atoms with Crippen LogP contribution in [0.4, 0.5) is 0 Å². The first kappa shape index (κ1) is 17.0. The highest BCUT2D eigenvalue weighted by Gasteiger charge is 2.37. The van der Waals surface area contributed by atoms with Crippen LogP contribution < -0.4 is 5.11 Å². The summed E-state index contributed by atoms with van der Waals surface area (Å²) >= 11 is 12.3. The molecule has 2 rings (SSSR count). The molecule has 0 N–H and O–H groups in total. The van der Waals surface area contributed by atoms with Gasteiger partial charge in [-0.2, -0.15) is 0 Å². The van der Waals surface area contributed by atoms with Gasteiger partial charge in [0.15, 0.2) is 0 Å². The molecule has 0 bridgehead atoms. The number of rotatable bonds is 5. The number of benzene rings is 1. The van der Waals surface area contributed by atoms with E-state index in [2.05, 4.69) is 0 Å². The molecule has 1 saturated heterocycles. The lowest BCUT2D eigenvalue weighted by molar-refractivity contribution is -0.310. The van der Waals surface area contributed by atoms with E-state index in [4.69, 9.17) is 23.8 Å². The third-order valence-electron chi connectivity index (χ3n) is 3.16. The second-order valence-electron chi connectivity index (χ2n) is 4.70. The summed E-state index contributed by atoms with van der Waals surface area (Å²) < 4.78 is 0.228. The number of halogens is 1. The van der Waals surface area contributed by atoms with Gasteiger partial charge in [0.25, 0.3) is 5.91 Å². The molecule has 0 saturated carbocycles. The number of hydrogen-bond donors (Lipinski definition) is 0. The van der Waals surface area contributed by atoms with Crippen molar-refractivity contribution in [3.8, 4) is 0 Å². The molecule has 1 aliphatic heterocycles. The van der Waals surface area contributed by atoms with Gasteiger partial charge in [0, 0.05) is 5.02 Å². The Morgan fingerprint density at radius 3 is 2.77 bits per heavy atom. The van der Waals surface area contributed by atoms with Gasteiger partial charge in [0.1, 0.15) is 4.32 Å². The zero-order valence-electron chi connectivity index (χ0n) is 11.7. The summed E-state index contributed by atoms with van der Waals surface area (Å²) in [5, 5.41) is 11.8. The van der Waals surface area contributed by atoms with Crippen molar-refractivity contribution in [2.24, 2.45) is 0 Å². The SMILES string of the molecule is CCC[C@H](C(=O)[O-])N1C(=O)/C(=C/c2ccccc2Cl)SC1=S. The summed E-state index contributed by atoms with van der Waals surface area (Å²) in [6.07, 6.45) is 2.54. The van der Waals surface area contributed by atoms with E-state index >= 15 is 0 Å². The van der Waals surface area contributed by atoms with E-state index in [1.54, 1.807) is 30.3 Å². The second-order valence-corrected chi connectivity index (χ2v) is 6.78. The fraction of sp³-hybridized carbons (Fsp3) is 0.267. The molecule has 0 aromatic heterocycles. The second kappa shape index (κ2) is 7.26. The number of carboxylic acids is 1. The molecule has 1 aromatic rings. The third kappa shape index (κ3) is 3.51. The Kier molecular flexibility index (Phi) is 5.61. The minimum Gasteiger partial charge on any atom is -0.548 e. The van der Waals surface area contributed by atoms with E-state index in [1.807, 2.05) is 6.92 Å². The molecular weight excluding hydrogens is 342 g/mol. The molecule has 1 aliphatic rings. The molecular formula is C15H13ClNO3S2-. The fourth-order valence-corrected chi connectivity index (χ4v) is 3.65. The number of thioether (sulfide) groups is 1. The van der Waals surface area contributed by atoms with Crippen molar-refractivity contribution in [3.05, 3.63) is 39.8 Å². The molecule has 1 fully saturated rings. The van der Waals surface area contributed by atoms with Gasteiger partial charge >= 0.3 is 0 Å². The molecule has 0 radical (unpaired) electrons. The largest absolute Gasteiger partial charge is 0.548 e. The molecule has 1 atom stereocenters. The summed E-state index contributed by atoms with van der Waals surface area (Å²) in [5.41, 5.74) is 0.685. The third-order valence-corrected chi connectivity index (χ3v) is 4.84. The topological polar surface area (TPSA) is 60.4 Å². The Morgan fingerprint density at radius 1 is 1.50 bits per heavy atom. The van der Waals surface area contributed by atoms with Crippen LogP contribution in [-0.2, 0) is 9.59 Å². The zero-order valence-corrected chi connectivity index (χ0v) is 14.1. The van der Waals surface area contributed by atoms with Crippen LogP contribution >= 0.6 is 35.6 Å². The Labute approximate surface area is 143 Å². The molecule has 0 unspecified atom stereocenters. The molecule has 1 heterocycles. The highest BCUT2D eigenvalue weighted by molar-refractivity contribution is 8.26. The van der Waals surface area contributed by atoms with E-state index in [0.29, 0.717) is 28.3 Å². The summed E-state index contributed by atoms with van der Waals surface area (Å²) in [7, 11) is 0. The zero-order chi connectivity index (χ0) is 16.3. The van der Waals surface area contributed by atoms with Crippen LogP contribution in [0.1, 0.15) is 25.3 Å². The summed E-state index contributed by atoms with van der Waals surface area (Å²) in [6.45, 7) is 1.84. The van der Waals surface area contributed by atoms with Gasteiger partial charge in [-0.15, -0.1) is 0 Å². The number of carbonyl (C=O) groups excluding carboxylic acids is 2. The van der Waals surface area contributed by atoms with Gasteiger partial charge in [-0.05, 0) is 24.1 Å². The van der Waals surface area contributed by atoms with Gasteiger partial charge in [-0.3, -0.25) is 9.69 Å². The first-order valence-corrected chi connectivity index (χ1v) is 8.28. The van der Waals surface area contributed by atoms with Crippen molar-refractivity contribution in [1.82, 2.24) is 4.90 Å². The van der Waals surface area contributed by atoms with Crippen LogP contribution in [-0.4, -0.2) is 27.1 Å². The van der Waals surface area contributed by atoms with Gasteiger partial charge in [-0.25, -0.2) is 0 Å². The van der Waals surface area contributed by atoms with E-state index in [-0.39, 0.29) is 4.32 Å². The lowest BCUT2D eigenvalue weighted by Crippen LogP contribution is -2.49. The lowest BCUT2D eigenvalue weighted by Gasteiger charge is -2.27. The quantitative estimate of drug-likeness (QED) is 0.600. The van der Waals surface area contributed by atoms with Crippen molar-refractivity contribution in [2.75, 3.05) is 0 Å². The molecule has 1 amide bonds. The predicted octanol–water partition coefficient (Wildman–Crippen LogP) is 2.46. The number of amides is 1.